The summed E-state index contributed by atoms with van der Waals surface area (Å²) < 4.78 is 1.42. The van der Waals surface area contributed by atoms with Crippen LogP contribution in [0.25, 0.3) is 0 Å². The molecule has 1 rings (SSSR count). The number of nitrogens with one attached hydrogen (secondary N) is 2. The van der Waals surface area contributed by atoms with Gasteiger partial charge in [0.05, 0.1) is 26.2 Å². The third-order valence-corrected chi connectivity index (χ3v) is 4.90. The summed E-state index contributed by atoms with van der Waals surface area (Å²) in [5.41, 5.74) is 0. The van der Waals surface area contributed by atoms with E-state index in [2.05, 4.69) is 38.3 Å². The predicted molar refractivity (Wildman–Crippen MR) is 105 cm³/mol. The van der Waals surface area contributed by atoms with Crippen LogP contribution in [0.15, 0.2) is 0 Å². The van der Waals surface area contributed by atoms with Crippen molar-refractivity contribution in [2.75, 3.05) is 52.4 Å². The summed E-state index contributed by atoms with van der Waals surface area (Å²) in [6, 6.07) is 0. The zero-order valence-corrected chi connectivity index (χ0v) is 17.1. The quantitative estimate of drug-likeness (QED) is 0.518. The summed E-state index contributed by atoms with van der Waals surface area (Å²) >= 11 is 0. The first-order valence-corrected chi connectivity index (χ1v) is 10.5. The molecular formula is C20H46FN3. The first-order valence-electron chi connectivity index (χ1n) is 10.5. The average Bonchev–Trinajstić information content (AvgIpc) is 2.62. The van der Waals surface area contributed by atoms with E-state index in [-0.39, 0.29) is 4.70 Å². The zero-order valence-electron chi connectivity index (χ0n) is 17.1. The molecule has 0 bridgehead atoms. The van der Waals surface area contributed by atoms with Gasteiger partial charge in [0.1, 0.15) is 0 Å². The Morgan fingerprint density at radius 3 is 0.958 bits per heavy atom. The van der Waals surface area contributed by atoms with Crippen molar-refractivity contribution in [3.63, 3.8) is 0 Å². The molecule has 0 aliphatic carbocycles. The van der Waals surface area contributed by atoms with Crippen molar-refractivity contribution in [1.29, 1.82) is 0 Å². The van der Waals surface area contributed by atoms with E-state index in [1.807, 2.05) is 0 Å². The van der Waals surface area contributed by atoms with Gasteiger partial charge in [0.15, 0.2) is 0 Å². The number of hydrogen-bond acceptors (Lipinski definition) is 2. The number of rotatable bonds is 12. The standard InChI is InChI=1S/C16H36N.C4H10N2.FH/c1-5-9-13-17(14-10-6-2,15-11-7-3)16-12-8-4;1-2-6-4-3-5-1;/h5-16H2,1-4H3;5-6H,1-4H2;1H/q+1;;/p-1. The minimum Gasteiger partial charge on any atom is -1.00 e. The summed E-state index contributed by atoms with van der Waals surface area (Å²) in [6.07, 6.45) is 11.1. The van der Waals surface area contributed by atoms with Crippen molar-refractivity contribution >= 4 is 0 Å². The fourth-order valence-corrected chi connectivity index (χ4v) is 3.25. The van der Waals surface area contributed by atoms with E-state index >= 15 is 0 Å². The predicted octanol–water partition coefficient (Wildman–Crippen LogP) is 1.19. The Labute approximate surface area is 151 Å². The van der Waals surface area contributed by atoms with E-state index in [0.717, 1.165) is 26.2 Å². The third-order valence-electron chi connectivity index (χ3n) is 4.90. The SMILES string of the molecule is C1CNCCN1.CCCC[N+](CCCC)(CCCC)CCCC.[F-]. The molecule has 4 heteroatoms. The lowest BCUT2D eigenvalue weighted by molar-refractivity contribution is -0.929. The van der Waals surface area contributed by atoms with Crippen LogP contribution in [-0.4, -0.2) is 56.8 Å². The molecule has 1 saturated heterocycles. The maximum atomic E-state index is 3.22. The molecule has 1 aliphatic rings. The number of unbranched alkanes of at least 4 members (excludes halogenated alkanes) is 4. The van der Waals surface area contributed by atoms with Crippen LogP contribution in [-0.2, 0) is 0 Å². The molecule has 0 spiro atoms. The maximum absolute atomic E-state index is 3.22. The van der Waals surface area contributed by atoms with Crippen molar-refractivity contribution in [2.45, 2.75) is 79.1 Å². The largest absolute Gasteiger partial charge is 1.00 e. The molecule has 2 N–H and O–H groups in total. The normalized spacial score (nSPS) is 14.5. The summed E-state index contributed by atoms with van der Waals surface area (Å²) in [6.45, 7) is 19.6. The van der Waals surface area contributed by atoms with Crippen molar-refractivity contribution in [1.82, 2.24) is 10.6 Å². The lowest BCUT2D eigenvalue weighted by Crippen LogP contribution is -3.00. The molecule has 0 atom stereocenters. The van der Waals surface area contributed by atoms with Crippen LogP contribution in [0.2, 0.25) is 0 Å². The molecule has 24 heavy (non-hydrogen) atoms. The van der Waals surface area contributed by atoms with E-state index in [1.54, 1.807) is 0 Å². The lowest BCUT2D eigenvalue weighted by atomic mass is 10.1. The highest BCUT2D eigenvalue weighted by atomic mass is 19.0. The molecule has 0 aromatic rings. The van der Waals surface area contributed by atoms with Crippen molar-refractivity contribution in [2.24, 2.45) is 0 Å². The number of nitrogens with zero attached hydrogens (tertiary/aromatic N) is 1. The van der Waals surface area contributed by atoms with Gasteiger partial charge in [0.25, 0.3) is 0 Å². The molecule has 3 nitrogen and oxygen atoms in total. The Morgan fingerprint density at radius 1 is 0.542 bits per heavy atom. The van der Waals surface area contributed by atoms with E-state index in [9.17, 15) is 0 Å². The second-order valence-corrected chi connectivity index (χ2v) is 7.15. The monoisotopic (exact) mass is 347 g/mol. The lowest BCUT2D eigenvalue weighted by Gasteiger charge is -2.39. The molecule has 0 unspecified atom stereocenters. The first-order chi connectivity index (χ1) is 11.2. The molecule has 1 fully saturated rings. The fraction of sp³-hybridized carbons (Fsp3) is 1.00. The van der Waals surface area contributed by atoms with Gasteiger partial charge in [-0.05, 0) is 25.7 Å². The maximum Gasteiger partial charge on any atom is 0.0786 e. The topological polar surface area (TPSA) is 24.1 Å². The highest BCUT2D eigenvalue weighted by Crippen LogP contribution is 2.16. The Kier molecular flexibility index (Phi) is 20.8. The Bertz CT molecular complexity index is 184. The Morgan fingerprint density at radius 2 is 0.792 bits per heavy atom. The van der Waals surface area contributed by atoms with Gasteiger partial charge in [-0.15, -0.1) is 0 Å². The second-order valence-electron chi connectivity index (χ2n) is 7.15. The van der Waals surface area contributed by atoms with Crippen LogP contribution in [0.4, 0.5) is 0 Å². The molecule has 0 saturated carbocycles. The highest BCUT2D eigenvalue weighted by Gasteiger charge is 2.24. The summed E-state index contributed by atoms with van der Waals surface area (Å²) in [7, 11) is 0. The third kappa shape index (κ3) is 14.2. The molecule has 1 heterocycles. The van der Waals surface area contributed by atoms with Crippen LogP contribution in [0.1, 0.15) is 79.1 Å². The van der Waals surface area contributed by atoms with Gasteiger partial charge in [-0.2, -0.15) is 0 Å². The molecule has 0 aromatic heterocycles. The molecule has 148 valence electrons. The van der Waals surface area contributed by atoms with E-state index in [0.29, 0.717) is 0 Å². The highest BCUT2D eigenvalue weighted by molar-refractivity contribution is 4.59. The van der Waals surface area contributed by atoms with Crippen LogP contribution >= 0.6 is 0 Å². The summed E-state index contributed by atoms with van der Waals surface area (Å²) in [4.78, 5) is 0. The molecule has 0 radical (unpaired) electrons. The van der Waals surface area contributed by atoms with E-state index < -0.39 is 0 Å². The average molecular weight is 348 g/mol. The molecule has 0 aromatic carbocycles. The van der Waals surface area contributed by atoms with Crippen LogP contribution in [0.5, 0.6) is 0 Å². The fourth-order valence-electron chi connectivity index (χ4n) is 3.25. The summed E-state index contributed by atoms with van der Waals surface area (Å²) in [5.74, 6) is 0. The van der Waals surface area contributed by atoms with E-state index in [1.165, 1.54) is 82.0 Å². The molecule has 1 aliphatic heterocycles. The molecular weight excluding hydrogens is 301 g/mol. The van der Waals surface area contributed by atoms with Crippen molar-refractivity contribution in [3.05, 3.63) is 0 Å². The Balaban J connectivity index is 0. The van der Waals surface area contributed by atoms with Gasteiger partial charge in [0.2, 0.25) is 0 Å². The smallest absolute Gasteiger partial charge is 0.0786 e. The number of hydrogen-bond donors (Lipinski definition) is 2. The number of halogens is 1. The van der Waals surface area contributed by atoms with Crippen molar-refractivity contribution in [3.8, 4) is 0 Å². The van der Waals surface area contributed by atoms with Gasteiger partial charge in [0, 0.05) is 26.2 Å². The molecule has 0 amide bonds. The van der Waals surface area contributed by atoms with Gasteiger partial charge < -0.3 is 19.8 Å². The number of quaternary nitrogens is 1. The van der Waals surface area contributed by atoms with E-state index in [4.69, 9.17) is 0 Å². The van der Waals surface area contributed by atoms with Gasteiger partial charge >= 0.3 is 0 Å². The first kappa shape index (κ1) is 26.0. The second kappa shape index (κ2) is 19.1. The van der Waals surface area contributed by atoms with Crippen LogP contribution in [0.3, 0.4) is 0 Å². The number of piperazine rings is 1. The van der Waals surface area contributed by atoms with Crippen LogP contribution in [0, 0.1) is 0 Å². The Hall–Kier alpha value is -0.190. The minimum absolute atomic E-state index is 0. The van der Waals surface area contributed by atoms with Gasteiger partial charge in [-0.25, -0.2) is 0 Å². The van der Waals surface area contributed by atoms with Gasteiger partial charge in [-0.3, -0.25) is 0 Å². The zero-order chi connectivity index (χ0) is 17.2. The summed E-state index contributed by atoms with van der Waals surface area (Å²) in [5, 5.41) is 6.44. The van der Waals surface area contributed by atoms with Crippen LogP contribution < -0.4 is 15.3 Å². The van der Waals surface area contributed by atoms with Crippen molar-refractivity contribution < 1.29 is 9.19 Å². The minimum atomic E-state index is 0. The van der Waals surface area contributed by atoms with Gasteiger partial charge in [-0.1, -0.05) is 53.4 Å².